The van der Waals surface area contributed by atoms with Gasteiger partial charge in [-0.15, -0.1) is 0 Å². The van der Waals surface area contributed by atoms with Crippen LogP contribution in [0.15, 0.2) is 72.8 Å². The SMILES string of the molecule is O=C(Cc1ccc(CO)cc1)Nc1ccc(N2CCC(c3ccc(C(F)(F)F)cc3)CC2)cc1. The molecule has 178 valence electrons. The zero-order valence-corrected chi connectivity index (χ0v) is 18.7. The first-order valence-electron chi connectivity index (χ1n) is 11.3. The van der Waals surface area contributed by atoms with Crippen molar-refractivity contribution in [1.82, 2.24) is 0 Å². The molecule has 1 fully saturated rings. The molecule has 7 heteroatoms. The summed E-state index contributed by atoms with van der Waals surface area (Å²) in [6.45, 7) is 1.62. The lowest BCUT2D eigenvalue weighted by Crippen LogP contribution is -2.32. The van der Waals surface area contributed by atoms with Crippen LogP contribution in [0, 0.1) is 0 Å². The summed E-state index contributed by atoms with van der Waals surface area (Å²) in [6, 6.07) is 20.5. The summed E-state index contributed by atoms with van der Waals surface area (Å²) < 4.78 is 38.4. The Morgan fingerprint density at radius 3 is 2.03 bits per heavy atom. The van der Waals surface area contributed by atoms with Crippen LogP contribution >= 0.6 is 0 Å². The van der Waals surface area contributed by atoms with E-state index in [1.165, 1.54) is 12.1 Å². The molecule has 4 nitrogen and oxygen atoms in total. The van der Waals surface area contributed by atoms with Crippen LogP contribution < -0.4 is 10.2 Å². The third-order valence-electron chi connectivity index (χ3n) is 6.29. The first-order chi connectivity index (χ1) is 16.3. The number of aliphatic hydroxyl groups is 1. The predicted octanol–water partition coefficient (Wildman–Crippen LogP) is 5.76. The second-order valence-corrected chi connectivity index (χ2v) is 8.63. The third-order valence-corrected chi connectivity index (χ3v) is 6.29. The largest absolute Gasteiger partial charge is 0.416 e. The van der Waals surface area contributed by atoms with E-state index in [2.05, 4.69) is 10.2 Å². The Hall–Kier alpha value is -3.32. The lowest BCUT2D eigenvalue weighted by molar-refractivity contribution is -0.137. The number of hydrogen-bond donors (Lipinski definition) is 2. The number of halogens is 3. The maximum Gasteiger partial charge on any atom is 0.416 e. The Morgan fingerprint density at radius 1 is 0.882 bits per heavy atom. The summed E-state index contributed by atoms with van der Waals surface area (Å²) in [4.78, 5) is 14.6. The highest BCUT2D eigenvalue weighted by molar-refractivity contribution is 5.92. The topological polar surface area (TPSA) is 52.6 Å². The van der Waals surface area contributed by atoms with Crippen LogP contribution in [0.5, 0.6) is 0 Å². The molecule has 0 atom stereocenters. The van der Waals surface area contributed by atoms with E-state index < -0.39 is 11.7 Å². The molecule has 0 bridgehead atoms. The van der Waals surface area contributed by atoms with Crippen molar-refractivity contribution >= 4 is 17.3 Å². The van der Waals surface area contributed by atoms with Gasteiger partial charge in [0.25, 0.3) is 0 Å². The van der Waals surface area contributed by atoms with E-state index in [0.717, 1.165) is 54.0 Å². The minimum absolute atomic E-state index is 0.0223. The van der Waals surface area contributed by atoms with Gasteiger partial charge < -0.3 is 15.3 Å². The fraction of sp³-hybridized carbons (Fsp3) is 0.296. The van der Waals surface area contributed by atoms with E-state index in [1.807, 2.05) is 36.4 Å². The molecule has 0 unspecified atom stereocenters. The smallest absolute Gasteiger partial charge is 0.392 e. The quantitative estimate of drug-likeness (QED) is 0.484. The van der Waals surface area contributed by atoms with Crippen LogP contribution in [0.4, 0.5) is 24.5 Å². The highest BCUT2D eigenvalue weighted by atomic mass is 19.4. The van der Waals surface area contributed by atoms with E-state index in [4.69, 9.17) is 5.11 Å². The summed E-state index contributed by atoms with van der Waals surface area (Å²) in [5.74, 6) is 0.144. The van der Waals surface area contributed by atoms with Crippen molar-refractivity contribution in [2.45, 2.75) is 38.0 Å². The Kier molecular flexibility index (Phi) is 7.22. The Labute approximate surface area is 197 Å². The molecule has 3 aromatic rings. The summed E-state index contributed by atoms with van der Waals surface area (Å²) >= 11 is 0. The van der Waals surface area contributed by atoms with Crippen LogP contribution in [0.1, 0.15) is 41.0 Å². The van der Waals surface area contributed by atoms with Gasteiger partial charge in [0.15, 0.2) is 0 Å². The van der Waals surface area contributed by atoms with Crippen molar-refractivity contribution in [3.8, 4) is 0 Å². The molecular formula is C27H27F3N2O2. The number of benzene rings is 3. The highest BCUT2D eigenvalue weighted by Crippen LogP contribution is 2.34. The molecule has 0 radical (unpaired) electrons. The molecule has 1 aliphatic rings. The second-order valence-electron chi connectivity index (χ2n) is 8.63. The van der Waals surface area contributed by atoms with Crippen LogP contribution in [0.3, 0.4) is 0 Å². The summed E-state index contributed by atoms with van der Waals surface area (Å²) in [7, 11) is 0. The van der Waals surface area contributed by atoms with Crippen LogP contribution in [0.25, 0.3) is 0 Å². The molecule has 0 aromatic heterocycles. The van der Waals surface area contributed by atoms with Gasteiger partial charge in [-0.2, -0.15) is 13.2 Å². The summed E-state index contributed by atoms with van der Waals surface area (Å²) in [5.41, 5.74) is 3.81. The van der Waals surface area contributed by atoms with Gasteiger partial charge in [0.2, 0.25) is 5.91 Å². The van der Waals surface area contributed by atoms with Gasteiger partial charge >= 0.3 is 6.18 Å². The third kappa shape index (κ3) is 5.97. The van der Waals surface area contributed by atoms with Crippen molar-refractivity contribution in [3.63, 3.8) is 0 Å². The molecule has 1 aliphatic heterocycles. The average molecular weight is 469 g/mol. The first kappa shape index (κ1) is 23.8. The monoisotopic (exact) mass is 468 g/mol. The number of carbonyl (C=O) groups is 1. The van der Waals surface area contributed by atoms with Crippen LogP contribution in [-0.4, -0.2) is 24.1 Å². The molecule has 1 saturated heterocycles. The minimum Gasteiger partial charge on any atom is -0.392 e. The Balaban J connectivity index is 1.28. The van der Waals surface area contributed by atoms with Gasteiger partial charge in [0.05, 0.1) is 18.6 Å². The molecule has 0 spiro atoms. The molecule has 1 heterocycles. The predicted molar refractivity (Wildman–Crippen MR) is 127 cm³/mol. The number of alkyl halides is 3. The number of piperidine rings is 1. The van der Waals surface area contributed by atoms with Crippen molar-refractivity contribution < 1.29 is 23.1 Å². The van der Waals surface area contributed by atoms with Crippen molar-refractivity contribution in [1.29, 1.82) is 0 Å². The van der Waals surface area contributed by atoms with Crippen molar-refractivity contribution in [2.24, 2.45) is 0 Å². The summed E-state index contributed by atoms with van der Waals surface area (Å²) in [5, 5.41) is 12.0. The maximum absolute atomic E-state index is 12.8. The van der Waals surface area contributed by atoms with E-state index in [9.17, 15) is 18.0 Å². The van der Waals surface area contributed by atoms with Crippen molar-refractivity contribution in [3.05, 3.63) is 95.1 Å². The number of anilines is 2. The van der Waals surface area contributed by atoms with E-state index in [1.54, 1.807) is 24.3 Å². The molecule has 34 heavy (non-hydrogen) atoms. The Morgan fingerprint density at radius 2 is 1.47 bits per heavy atom. The molecule has 0 saturated carbocycles. The molecule has 1 amide bonds. The van der Waals surface area contributed by atoms with E-state index >= 15 is 0 Å². The maximum atomic E-state index is 12.8. The zero-order valence-electron chi connectivity index (χ0n) is 18.7. The first-order valence-corrected chi connectivity index (χ1v) is 11.3. The molecule has 2 N–H and O–H groups in total. The highest BCUT2D eigenvalue weighted by Gasteiger charge is 2.30. The lowest BCUT2D eigenvalue weighted by Gasteiger charge is -2.34. The number of nitrogens with zero attached hydrogens (tertiary/aromatic N) is 1. The fourth-order valence-corrected chi connectivity index (χ4v) is 4.32. The number of hydrogen-bond acceptors (Lipinski definition) is 3. The van der Waals surface area contributed by atoms with Crippen LogP contribution in [0.2, 0.25) is 0 Å². The molecular weight excluding hydrogens is 441 g/mol. The second kappa shape index (κ2) is 10.3. The average Bonchev–Trinajstić information content (AvgIpc) is 2.85. The van der Waals surface area contributed by atoms with Gasteiger partial charge in [0.1, 0.15) is 0 Å². The van der Waals surface area contributed by atoms with Gasteiger partial charge in [-0.1, -0.05) is 36.4 Å². The summed E-state index contributed by atoms with van der Waals surface area (Å²) in [6.07, 6.45) is -2.30. The number of aliphatic hydroxyl groups excluding tert-OH is 1. The Bertz CT molecular complexity index is 1090. The van der Waals surface area contributed by atoms with Gasteiger partial charge in [-0.25, -0.2) is 0 Å². The van der Waals surface area contributed by atoms with Gasteiger partial charge in [-0.3, -0.25) is 4.79 Å². The minimum atomic E-state index is -4.31. The van der Waals surface area contributed by atoms with Gasteiger partial charge in [0, 0.05) is 24.5 Å². The fourth-order valence-electron chi connectivity index (χ4n) is 4.32. The number of carbonyl (C=O) groups excluding carboxylic acids is 1. The molecule has 0 aliphatic carbocycles. The number of amides is 1. The van der Waals surface area contributed by atoms with E-state index in [-0.39, 0.29) is 24.9 Å². The standard InChI is InChI=1S/C27H27F3N2O2/c28-27(29,30)23-7-5-21(6-8-23)22-13-15-32(16-14-22)25-11-9-24(10-12-25)31-26(34)17-19-1-3-20(18-33)4-2-19/h1-12,22,33H,13-18H2,(H,31,34). The molecule has 3 aromatic carbocycles. The van der Waals surface area contributed by atoms with Crippen LogP contribution in [-0.2, 0) is 24.0 Å². The van der Waals surface area contributed by atoms with Gasteiger partial charge in [-0.05, 0) is 71.8 Å². The number of nitrogens with one attached hydrogen (secondary N) is 1. The lowest BCUT2D eigenvalue weighted by atomic mass is 9.89. The zero-order chi connectivity index (χ0) is 24.1. The van der Waals surface area contributed by atoms with Crippen molar-refractivity contribution in [2.75, 3.05) is 23.3 Å². The van der Waals surface area contributed by atoms with E-state index in [0.29, 0.717) is 0 Å². The molecule has 4 rings (SSSR count). The normalized spacial score (nSPS) is 14.8. The number of rotatable bonds is 6.